The average molecular weight is 300 g/mol. The maximum absolute atomic E-state index is 12.7. The van der Waals surface area contributed by atoms with Gasteiger partial charge in [0, 0.05) is 7.11 Å². The number of nitrogens with one attached hydrogen (secondary N) is 2. The molecule has 0 aliphatic heterocycles. The number of carbonyl (C=O) groups is 1. The molecule has 0 fully saturated rings. The summed E-state index contributed by atoms with van der Waals surface area (Å²) in [5, 5.41) is 4.88. The van der Waals surface area contributed by atoms with Crippen molar-refractivity contribution in [2.45, 2.75) is 12.2 Å². The van der Waals surface area contributed by atoms with Gasteiger partial charge in [0.2, 0.25) is 0 Å². The van der Waals surface area contributed by atoms with Crippen molar-refractivity contribution in [1.29, 1.82) is 0 Å². The Morgan fingerprint density at radius 3 is 2.76 bits per heavy atom. The van der Waals surface area contributed by atoms with Gasteiger partial charge in [0.15, 0.2) is 0 Å². The first kappa shape index (κ1) is 16.9. The van der Waals surface area contributed by atoms with Gasteiger partial charge in [-0.15, -0.1) is 6.42 Å². The zero-order valence-electron chi connectivity index (χ0n) is 11.3. The lowest BCUT2D eigenvalue weighted by Gasteiger charge is -2.19. The Balaban J connectivity index is 2.90. The van der Waals surface area contributed by atoms with E-state index in [1.807, 2.05) is 0 Å². The highest BCUT2D eigenvalue weighted by Gasteiger charge is 2.31. The molecule has 0 saturated carbocycles. The molecule has 0 unspecified atom stereocenters. The quantitative estimate of drug-likeness (QED) is 0.820. The largest absolute Gasteiger partial charge is 0.416 e. The molecule has 21 heavy (non-hydrogen) atoms. The van der Waals surface area contributed by atoms with Crippen LogP contribution in [-0.2, 0) is 10.9 Å². The number of hydrogen-bond donors (Lipinski definition) is 2. The van der Waals surface area contributed by atoms with Crippen LogP contribution in [0.25, 0.3) is 0 Å². The summed E-state index contributed by atoms with van der Waals surface area (Å²) in [4.78, 5) is 11.5. The molecular formula is C14H15F3N2O2. The second kappa shape index (κ2) is 7.55. The molecule has 1 atom stereocenters. The molecule has 1 aromatic carbocycles. The van der Waals surface area contributed by atoms with Crippen molar-refractivity contribution >= 4 is 6.03 Å². The summed E-state index contributed by atoms with van der Waals surface area (Å²) in [6, 6.07) is 3.42. The van der Waals surface area contributed by atoms with Gasteiger partial charge in [0.05, 0.1) is 24.8 Å². The Labute approximate surface area is 120 Å². The molecule has 2 amide bonds. The van der Waals surface area contributed by atoms with E-state index < -0.39 is 23.8 Å². The highest BCUT2D eigenvalue weighted by Crippen LogP contribution is 2.30. The molecule has 7 heteroatoms. The van der Waals surface area contributed by atoms with Gasteiger partial charge < -0.3 is 15.4 Å². The van der Waals surface area contributed by atoms with E-state index >= 15 is 0 Å². The minimum absolute atomic E-state index is 0.0220. The van der Waals surface area contributed by atoms with Gasteiger partial charge in [0.1, 0.15) is 0 Å². The van der Waals surface area contributed by atoms with Crippen molar-refractivity contribution in [3.05, 3.63) is 35.4 Å². The fourth-order valence-electron chi connectivity index (χ4n) is 1.66. The molecule has 1 aromatic rings. The van der Waals surface area contributed by atoms with E-state index in [2.05, 4.69) is 16.6 Å². The number of hydrogen-bond acceptors (Lipinski definition) is 2. The van der Waals surface area contributed by atoms with Crippen LogP contribution in [0.4, 0.5) is 18.0 Å². The Bertz CT molecular complexity index is 524. The van der Waals surface area contributed by atoms with Crippen LogP contribution < -0.4 is 10.6 Å². The number of terminal acetylenes is 1. The lowest BCUT2D eigenvalue weighted by Crippen LogP contribution is -2.39. The zero-order chi connectivity index (χ0) is 15.9. The van der Waals surface area contributed by atoms with Gasteiger partial charge in [-0.05, 0) is 17.7 Å². The van der Waals surface area contributed by atoms with E-state index in [0.717, 1.165) is 12.1 Å². The van der Waals surface area contributed by atoms with E-state index in [-0.39, 0.29) is 13.2 Å². The van der Waals surface area contributed by atoms with Crippen molar-refractivity contribution in [3.8, 4) is 12.3 Å². The van der Waals surface area contributed by atoms with Crippen LogP contribution in [0.15, 0.2) is 24.3 Å². The fourth-order valence-corrected chi connectivity index (χ4v) is 1.66. The summed E-state index contributed by atoms with van der Waals surface area (Å²) in [5.41, 5.74) is -0.491. The van der Waals surface area contributed by atoms with Gasteiger partial charge in [-0.25, -0.2) is 4.79 Å². The number of carbonyl (C=O) groups excluding carboxylic acids is 1. The van der Waals surface area contributed by atoms with Crippen molar-refractivity contribution in [2.75, 3.05) is 20.3 Å². The molecule has 0 aliphatic rings. The molecule has 1 rings (SSSR count). The first-order valence-electron chi connectivity index (χ1n) is 6.02. The predicted octanol–water partition coefficient (Wildman–Crippen LogP) is 2.33. The second-order valence-corrected chi connectivity index (χ2v) is 4.16. The minimum atomic E-state index is -4.45. The first-order chi connectivity index (χ1) is 9.88. The fraction of sp³-hybridized carbons (Fsp3) is 0.357. The Morgan fingerprint density at radius 1 is 1.48 bits per heavy atom. The normalized spacial score (nSPS) is 12.3. The van der Waals surface area contributed by atoms with E-state index in [9.17, 15) is 18.0 Å². The molecule has 0 radical (unpaired) electrons. The first-order valence-corrected chi connectivity index (χ1v) is 6.02. The number of alkyl halides is 3. The third-order valence-electron chi connectivity index (χ3n) is 2.61. The zero-order valence-corrected chi connectivity index (χ0v) is 11.3. The van der Waals surface area contributed by atoms with Crippen LogP contribution in [-0.4, -0.2) is 26.3 Å². The van der Waals surface area contributed by atoms with E-state index in [4.69, 9.17) is 11.2 Å². The van der Waals surface area contributed by atoms with Crippen LogP contribution in [0.3, 0.4) is 0 Å². The topological polar surface area (TPSA) is 50.4 Å². The number of halogens is 3. The number of urea groups is 1. The van der Waals surface area contributed by atoms with Gasteiger partial charge >= 0.3 is 12.2 Å². The van der Waals surface area contributed by atoms with Gasteiger partial charge in [-0.1, -0.05) is 18.1 Å². The van der Waals surface area contributed by atoms with Crippen molar-refractivity contribution in [3.63, 3.8) is 0 Å². The molecule has 0 spiro atoms. The number of amides is 2. The summed E-state index contributed by atoms with van der Waals surface area (Å²) in [6.45, 7) is 0.0545. The van der Waals surface area contributed by atoms with E-state index in [0.29, 0.717) is 5.56 Å². The highest BCUT2D eigenvalue weighted by molar-refractivity contribution is 5.74. The lowest BCUT2D eigenvalue weighted by molar-refractivity contribution is -0.137. The van der Waals surface area contributed by atoms with Crippen LogP contribution in [0.5, 0.6) is 0 Å². The molecule has 0 saturated heterocycles. The van der Waals surface area contributed by atoms with Crippen molar-refractivity contribution in [1.82, 2.24) is 10.6 Å². The third-order valence-corrected chi connectivity index (χ3v) is 2.61. The standard InChI is InChI=1S/C14H15F3N2O2/c1-3-7-18-13(20)19-12(9-21-2)10-5-4-6-11(8-10)14(15,16)17/h1,4-6,8,12H,7,9H2,2H3,(H2,18,19,20)/t12-/m1/s1. The molecule has 4 nitrogen and oxygen atoms in total. The Morgan fingerprint density at radius 2 is 2.19 bits per heavy atom. The number of rotatable bonds is 5. The predicted molar refractivity (Wildman–Crippen MR) is 71.4 cm³/mol. The SMILES string of the molecule is C#CCNC(=O)N[C@H](COC)c1cccc(C(F)(F)F)c1. The van der Waals surface area contributed by atoms with Crippen LogP contribution in [0, 0.1) is 12.3 Å². The highest BCUT2D eigenvalue weighted by atomic mass is 19.4. The smallest absolute Gasteiger partial charge is 0.382 e. The van der Waals surface area contributed by atoms with Gasteiger partial charge in [0.25, 0.3) is 0 Å². The summed E-state index contributed by atoms with van der Waals surface area (Å²) in [7, 11) is 1.39. The maximum atomic E-state index is 12.7. The summed E-state index contributed by atoms with van der Waals surface area (Å²) in [6.07, 6.45) is 0.558. The summed E-state index contributed by atoms with van der Waals surface area (Å²) < 4.78 is 43.0. The molecule has 0 heterocycles. The van der Waals surface area contributed by atoms with Crippen molar-refractivity contribution in [2.24, 2.45) is 0 Å². The summed E-state index contributed by atoms with van der Waals surface area (Å²) >= 11 is 0. The second-order valence-electron chi connectivity index (χ2n) is 4.16. The molecule has 2 N–H and O–H groups in total. The van der Waals surface area contributed by atoms with Crippen LogP contribution in [0.2, 0.25) is 0 Å². The van der Waals surface area contributed by atoms with Crippen LogP contribution >= 0.6 is 0 Å². The van der Waals surface area contributed by atoms with E-state index in [1.165, 1.54) is 19.2 Å². The molecule has 114 valence electrons. The molecule has 0 aromatic heterocycles. The Hall–Kier alpha value is -2.20. The van der Waals surface area contributed by atoms with Gasteiger partial charge in [-0.2, -0.15) is 13.2 Å². The molecule has 0 aliphatic carbocycles. The number of methoxy groups -OCH3 is 1. The Kier molecular flexibility index (Phi) is 6.06. The lowest BCUT2D eigenvalue weighted by atomic mass is 10.0. The van der Waals surface area contributed by atoms with E-state index in [1.54, 1.807) is 0 Å². The van der Waals surface area contributed by atoms with Gasteiger partial charge in [-0.3, -0.25) is 0 Å². The monoisotopic (exact) mass is 300 g/mol. The third kappa shape index (κ3) is 5.36. The minimum Gasteiger partial charge on any atom is -0.382 e. The van der Waals surface area contributed by atoms with Crippen molar-refractivity contribution < 1.29 is 22.7 Å². The van der Waals surface area contributed by atoms with Crippen LogP contribution in [0.1, 0.15) is 17.2 Å². The maximum Gasteiger partial charge on any atom is 0.416 e. The summed E-state index contributed by atoms with van der Waals surface area (Å²) in [5.74, 6) is 2.22. The molecular weight excluding hydrogens is 285 g/mol. The number of ether oxygens (including phenoxy) is 1. The number of benzene rings is 1. The average Bonchev–Trinajstić information content (AvgIpc) is 2.44. The molecule has 0 bridgehead atoms.